The van der Waals surface area contributed by atoms with Crippen LogP contribution >= 0.6 is 11.6 Å². The Kier molecular flexibility index (Phi) is 5.13. The third-order valence-electron chi connectivity index (χ3n) is 8.82. The van der Waals surface area contributed by atoms with Crippen LogP contribution in [-0.2, 0) is 16.1 Å². The first-order valence-corrected chi connectivity index (χ1v) is 13.9. The van der Waals surface area contributed by atoms with Crippen LogP contribution in [-0.4, -0.2) is 27.6 Å². The van der Waals surface area contributed by atoms with Crippen LogP contribution in [0.2, 0.25) is 5.02 Å². The van der Waals surface area contributed by atoms with Crippen molar-refractivity contribution < 1.29 is 9.59 Å². The molecule has 0 radical (unpaired) electrons. The van der Waals surface area contributed by atoms with E-state index in [2.05, 4.69) is 40.0 Å². The number of carbonyl (C=O) groups excluding carboxylic acids is 2. The Bertz CT molecular complexity index is 1760. The molecule has 3 aliphatic carbocycles. The van der Waals surface area contributed by atoms with Crippen LogP contribution < -0.4 is 0 Å². The van der Waals surface area contributed by atoms with Crippen molar-refractivity contribution in [2.45, 2.75) is 18.4 Å². The van der Waals surface area contributed by atoms with Crippen molar-refractivity contribution in [1.82, 2.24) is 9.58 Å². The highest BCUT2D eigenvalue weighted by molar-refractivity contribution is 6.30. The second-order valence-electron chi connectivity index (χ2n) is 10.9. The summed E-state index contributed by atoms with van der Waals surface area (Å²) < 4.78 is 2.15. The molecule has 5 nitrogen and oxygen atoms in total. The molecule has 0 spiro atoms. The Hall–Kier alpha value is -4.48. The van der Waals surface area contributed by atoms with Crippen LogP contribution in [0, 0.1) is 11.8 Å². The van der Waals surface area contributed by atoms with E-state index < -0.39 is 11.8 Å². The van der Waals surface area contributed by atoms with Crippen LogP contribution in [0.15, 0.2) is 108 Å². The molecule has 6 heteroatoms. The molecule has 5 aromatic rings. The molecule has 9 rings (SSSR count). The molecule has 4 aliphatic rings. The SMILES string of the molecule is O=C1[C@H]2C3c4ccccc4C(c4ccccc43)[C@@H]2C(=O)N1/N=C\c1cn(Cc2ccc(Cl)cc2)c2ccccc12. The van der Waals surface area contributed by atoms with Crippen molar-refractivity contribution in [2.24, 2.45) is 16.9 Å². The molecule has 1 aromatic heterocycles. The van der Waals surface area contributed by atoms with Gasteiger partial charge in [-0.2, -0.15) is 10.1 Å². The minimum atomic E-state index is -0.439. The predicted octanol–water partition coefficient (Wildman–Crippen LogP) is 6.57. The van der Waals surface area contributed by atoms with Gasteiger partial charge in [0.25, 0.3) is 11.8 Å². The molecule has 2 bridgehead atoms. The van der Waals surface area contributed by atoms with E-state index in [1.807, 2.05) is 72.9 Å². The summed E-state index contributed by atoms with van der Waals surface area (Å²) >= 11 is 6.08. The van der Waals surface area contributed by atoms with Crippen molar-refractivity contribution in [1.29, 1.82) is 0 Å². The Morgan fingerprint density at radius 2 is 1.23 bits per heavy atom. The fraction of sp³-hybridized carbons (Fsp3) is 0.147. The van der Waals surface area contributed by atoms with Crippen LogP contribution in [0.5, 0.6) is 0 Å². The molecule has 1 aliphatic heterocycles. The standard InChI is InChI=1S/C34H24ClN3O2/c35-22-15-13-20(14-16-22)18-37-19-21(23-7-5-6-12-28(23)37)17-36-38-33(39)31-29-24-8-1-2-9-25(24)30(32(31)34(38)40)27-11-4-3-10-26(27)29/h1-17,19,29-32H,18H2/b36-17-/t29?,30?,31-,32-/m0/s1. The summed E-state index contributed by atoms with van der Waals surface area (Å²) in [6.07, 6.45) is 3.69. The largest absolute Gasteiger partial charge is 0.342 e. The van der Waals surface area contributed by atoms with E-state index in [0.717, 1.165) is 49.3 Å². The van der Waals surface area contributed by atoms with Gasteiger partial charge in [0.1, 0.15) is 0 Å². The highest BCUT2D eigenvalue weighted by Gasteiger charge is 2.61. The maximum Gasteiger partial charge on any atom is 0.254 e. The summed E-state index contributed by atoms with van der Waals surface area (Å²) in [6.45, 7) is 0.664. The van der Waals surface area contributed by atoms with Crippen molar-refractivity contribution in [2.75, 3.05) is 0 Å². The summed E-state index contributed by atoms with van der Waals surface area (Å²) in [6, 6.07) is 32.4. The Balaban J connectivity index is 1.16. The normalized spacial score (nSPS) is 22.7. The first kappa shape index (κ1) is 23.4. The number of nitrogens with zero attached hydrogens (tertiary/aromatic N) is 3. The van der Waals surface area contributed by atoms with E-state index in [1.54, 1.807) is 6.21 Å². The third kappa shape index (κ3) is 3.31. The van der Waals surface area contributed by atoms with Gasteiger partial charge >= 0.3 is 0 Å². The summed E-state index contributed by atoms with van der Waals surface area (Å²) in [7, 11) is 0. The average molecular weight is 542 g/mol. The number of fused-ring (bicyclic) bond motifs is 1. The monoisotopic (exact) mass is 541 g/mol. The van der Waals surface area contributed by atoms with E-state index in [4.69, 9.17) is 11.6 Å². The molecule has 1 saturated heterocycles. The van der Waals surface area contributed by atoms with Gasteiger partial charge in [-0.1, -0.05) is 90.5 Å². The van der Waals surface area contributed by atoms with E-state index in [-0.39, 0.29) is 23.7 Å². The van der Waals surface area contributed by atoms with Gasteiger partial charge < -0.3 is 4.57 Å². The summed E-state index contributed by atoms with van der Waals surface area (Å²) in [5.41, 5.74) is 7.66. The van der Waals surface area contributed by atoms with Gasteiger partial charge in [-0.3, -0.25) is 9.59 Å². The number of imide groups is 1. The van der Waals surface area contributed by atoms with Crippen LogP contribution in [0.25, 0.3) is 10.9 Å². The molecule has 2 atom stereocenters. The van der Waals surface area contributed by atoms with E-state index in [0.29, 0.717) is 11.6 Å². The maximum atomic E-state index is 13.9. The summed E-state index contributed by atoms with van der Waals surface area (Å²) in [5, 5.41) is 7.41. The van der Waals surface area contributed by atoms with Crippen molar-refractivity contribution in [3.63, 3.8) is 0 Å². The Labute approximate surface area is 236 Å². The number of aromatic nitrogens is 1. The lowest BCUT2D eigenvalue weighted by atomic mass is 9.55. The zero-order valence-corrected chi connectivity index (χ0v) is 22.2. The number of benzene rings is 4. The second-order valence-corrected chi connectivity index (χ2v) is 11.3. The molecular formula is C34H24ClN3O2. The first-order chi connectivity index (χ1) is 19.6. The van der Waals surface area contributed by atoms with Crippen LogP contribution in [0.4, 0.5) is 0 Å². The number of amides is 2. The molecule has 0 N–H and O–H groups in total. The zero-order chi connectivity index (χ0) is 27.0. The molecule has 1 fully saturated rings. The topological polar surface area (TPSA) is 54.7 Å². The molecule has 0 unspecified atom stereocenters. The number of halogens is 1. The third-order valence-corrected chi connectivity index (χ3v) is 9.08. The highest BCUT2D eigenvalue weighted by Crippen LogP contribution is 2.60. The minimum Gasteiger partial charge on any atom is -0.342 e. The Morgan fingerprint density at radius 1 is 0.700 bits per heavy atom. The van der Waals surface area contributed by atoms with Crippen molar-refractivity contribution in [3.8, 4) is 0 Å². The quantitative estimate of drug-likeness (QED) is 0.191. The van der Waals surface area contributed by atoms with Crippen molar-refractivity contribution in [3.05, 3.63) is 142 Å². The molecule has 194 valence electrons. The van der Waals surface area contributed by atoms with Gasteiger partial charge in [-0.25, -0.2) is 0 Å². The highest BCUT2D eigenvalue weighted by atomic mass is 35.5. The Morgan fingerprint density at radius 3 is 1.80 bits per heavy atom. The van der Waals surface area contributed by atoms with Crippen molar-refractivity contribution >= 4 is 40.5 Å². The molecule has 4 aromatic carbocycles. The van der Waals surface area contributed by atoms with Gasteiger partial charge in [0.15, 0.2) is 0 Å². The lowest BCUT2D eigenvalue weighted by Crippen LogP contribution is -2.41. The zero-order valence-electron chi connectivity index (χ0n) is 21.4. The number of hydrogen-bond donors (Lipinski definition) is 0. The fourth-order valence-electron chi connectivity index (χ4n) is 7.19. The molecule has 2 amide bonds. The van der Waals surface area contributed by atoms with Gasteiger partial charge in [0.05, 0.1) is 18.1 Å². The number of rotatable bonds is 4. The maximum absolute atomic E-state index is 13.9. The second kappa shape index (κ2) is 8.77. The number of carbonyl (C=O) groups is 2. The summed E-state index contributed by atoms with van der Waals surface area (Å²) in [5.74, 6) is -1.58. The van der Waals surface area contributed by atoms with E-state index in [1.165, 1.54) is 0 Å². The van der Waals surface area contributed by atoms with Gasteiger partial charge in [0.2, 0.25) is 0 Å². The van der Waals surface area contributed by atoms with Gasteiger partial charge in [0, 0.05) is 46.1 Å². The minimum absolute atomic E-state index is 0.139. The molecule has 0 saturated carbocycles. The predicted molar refractivity (Wildman–Crippen MR) is 155 cm³/mol. The lowest BCUT2D eigenvalue weighted by Gasteiger charge is -2.45. The molecule has 40 heavy (non-hydrogen) atoms. The van der Waals surface area contributed by atoms with Crippen LogP contribution in [0.3, 0.4) is 0 Å². The number of para-hydroxylation sites is 1. The lowest BCUT2D eigenvalue weighted by molar-refractivity contribution is -0.139. The number of hydrazone groups is 1. The van der Waals surface area contributed by atoms with Gasteiger partial charge in [-0.15, -0.1) is 0 Å². The number of hydrogen-bond acceptors (Lipinski definition) is 3. The first-order valence-electron chi connectivity index (χ1n) is 13.5. The van der Waals surface area contributed by atoms with E-state index in [9.17, 15) is 9.59 Å². The summed E-state index contributed by atoms with van der Waals surface area (Å²) in [4.78, 5) is 27.8. The van der Waals surface area contributed by atoms with Gasteiger partial charge in [-0.05, 0) is 46.0 Å². The van der Waals surface area contributed by atoms with E-state index >= 15 is 0 Å². The average Bonchev–Trinajstić information content (AvgIpc) is 3.47. The smallest absolute Gasteiger partial charge is 0.254 e. The fourth-order valence-corrected chi connectivity index (χ4v) is 7.32. The van der Waals surface area contributed by atoms with Crippen LogP contribution in [0.1, 0.15) is 45.2 Å². The molecule has 2 heterocycles. The molecular weight excluding hydrogens is 518 g/mol.